The van der Waals surface area contributed by atoms with Crippen molar-refractivity contribution in [3.8, 4) is 0 Å². The largest absolute Gasteiger partial charge is 0.435 e. The first-order valence-corrected chi connectivity index (χ1v) is 7.88. The molecule has 0 aliphatic heterocycles. The van der Waals surface area contributed by atoms with Gasteiger partial charge in [-0.25, -0.2) is 4.79 Å². The Labute approximate surface area is 146 Å². The van der Waals surface area contributed by atoms with Gasteiger partial charge in [-0.3, -0.25) is 9.48 Å². The molecule has 1 fully saturated rings. The number of hydrogen-bond acceptors (Lipinski definition) is 3. The van der Waals surface area contributed by atoms with Crippen molar-refractivity contribution in [3.63, 3.8) is 0 Å². The molecule has 1 aromatic carbocycles. The van der Waals surface area contributed by atoms with Gasteiger partial charge in [-0.1, -0.05) is 0 Å². The van der Waals surface area contributed by atoms with Crippen LogP contribution in [-0.4, -0.2) is 27.8 Å². The zero-order valence-electron chi connectivity index (χ0n) is 13.5. The van der Waals surface area contributed by atoms with Gasteiger partial charge < -0.3 is 16.0 Å². The highest BCUT2D eigenvalue weighted by molar-refractivity contribution is 5.92. The minimum atomic E-state index is -4.55. The van der Waals surface area contributed by atoms with Gasteiger partial charge in [-0.05, 0) is 43.2 Å². The summed E-state index contributed by atoms with van der Waals surface area (Å²) in [5.74, 6) is -0.519. The van der Waals surface area contributed by atoms with Crippen molar-refractivity contribution in [2.24, 2.45) is 0 Å². The molecule has 1 heterocycles. The number of carbonyl (C=O) groups is 2. The Morgan fingerprint density at radius 1 is 1.08 bits per heavy atom. The van der Waals surface area contributed by atoms with Crippen LogP contribution in [0.4, 0.5) is 29.3 Å². The number of benzene rings is 1. The lowest BCUT2D eigenvalue weighted by Crippen LogP contribution is -2.30. The monoisotopic (exact) mass is 367 g/mol. The maximum atomic E-state index is 12.5. The van der Waals surface area contributed by atoms with Gasteiger partial charge in [0.05, 0.1) is 0 Å². The topological polar surface area (TPSA) is 88.1 Å². The Kier molecular flexibility index (Phi) is 4.83. The molecule has 138 valence electrons. The number of alkyl halides is 3. The van der Waals surface area contributed by atoms with Crippen LogP contribution in [0.25, 0.3) is 0 Å². The summed E-state index contributed by atoms with van der Waals surface area (Å²) >= 11 is 0. The molecule has 1 saturated carbocycles. The van der Waals surface area contributed by atoms with Gasteiger partial charge in [-0.15, -0.1) is 0 Å². The first kappa shape index (κ1) is 17.8. The van der Waals surface area contributed by atoms with E-state index in [1.165, 1.54) is 0 Å². The highest BCUT2D eigenvalue weighted by atomic mass is 19.4. The van der Waals surface area contributed by atoms with E-state index in [9.17, 15) is 22.8 Å². The second kappa shape index (κ2) is 7.06. The first-order chi connectivity index (χ1) is 12.3. The molecule has 1 aliphatic carbocycles. The molecule has 3 rings (SSSR count). The summed E-state index contributed by atoms with van der Waals surface area (Å²) in [7, 11) is 0. The van der Waals surface area contributed by atoms with Crippen LogP contribution in [0.5, 0.6) is 0 Å². The Morgan fingerprint density at radius 3 is 2.23 bits per heavy atom. The molecular formula is C16H16F3N5O2. The molecule has 1 aliphatic rings. The van der Waals surface area contributed by atoms with Crippen LogP contribution in [-0.2, 0) is 17.5 Å². The van der Waals surface area contributed by atoms with Crippen LogP contribution in [0.2, 0.25) is 0 Å². The number of halogens is 3. The maximum Gasteiger partial charge on any atom is 0.435 e. The zero-order valence-corrected chi connectivity index (χ0v) is 13.5. The number of amides is 3. The van der Waals surface area contributed by atoms with E-state index in [0.29, 0.717) is 11.4 Å². The Balaban J connectivity index is 1.50. The van der Waals surface area contributed by atoms with E-state index in [4.69, 9.17) is 0 Å². The molecule has 0 unspecified atom stereocenters. The number of anilines is 2. The fourth-order valence-electron chi connectivity index (χ4n) is 2.17. The predicted molar refractivity (Wildman–Crippen MR) is 87.5 cm³/mol. The van der Waals surface area contributed by atoms with Crippen LogP contribution >= 0.6 is 0 Å². The molecule has 2 aromatic rings. The highest BCUT2D eigenvalue weighted by Crippen LogP contribution is 2.27. The number of hydrogen-bond donors (Lipinski definition) is 3. The smallest absolute Gasteiger partial charge is 0.335 e. The van der Waals surface area contributed by atoms with Gasteiger partial charge in [0.1, 0.15) is 6.54 Å². The van der Waals surface area contributed by atoms with Gasteiger partial charge in [0.15, 0.2) is 5.69 Å². The molecule has 26 heavy (non-hydrogen) atoms. The normalized spacial score (nSPS) is 14.0. The zero-order chi connectivity index (χ0) is 18.7. The van der Waals surface area contributed by atoms with E-state index in [1.54, 1.807) is 24.3 Å². The molecule has 3 N–H and O–H groups in total. The number of nitrogens with one attached hydrogen (secondary N) is 3. The van der Waals surface area contributed by atoms with Crippen molar-refractivity contribution < 1.29 is 22.8 Å². The lowest BCUT2D eigenvalue weighted by Gasteiger charge is -2.09. The molecule has 0 spiro atoms. The summed E-state index contributed by atoms with van der Waals surface area (Å²) < 4.78 is 38.3. The average molecular weight is 367 g/mol. The van der Waals surface area contributed by atoms with E-state index < -0.39 is 17.8 Å². The van der Waals surface area contributed by atoms with E-state index in [0.717, 1.165) is 29.8 Å². The standard InChI is InChI=1S/C16H16F3N5O2/c17-16(18,19)13-7-8-24(23-13)9-14(25)20-10-1-3-11(4-2-10)21-15(26)22-12-5-6-12/h1-4,7-8,12H,5-6,9H2,(H,20,25)(H2,21,22,26). The SMILES string of the molecule is O=C(Cn1ccc(C(F)(F)F)n1)Nc1ccc(NC(=O)NC2CC2)cc1. The first-order valence-electron chi connectivity index (χ1n) is 7.88. The predicted octanol–water partition coefficient (Wildman–Crippen LogP) is 2.82. The lowest BCUT2D eigenvalue weighted by molar-refractivity contribution is -0.141. The molecule has 1 aromatic heterocycles. The third-order valence-electron chi connectivity index (χ3n) is 3.58. The summed E-state index contributed by atoms with van der Waals surface area (Å²) in [5.41, 5.74) is -0.0420. The third-order valence-corrected chi connectivity index (χ3v) is 3.58. The Morgan fingerprint density at radius 2 is 1.69 bits per heavy atom. The molecule has 10 heteroatoms. The molecular weight excluding hydrogens is 351 g/mol. The highest BCUT2D eigenvalue weighted by Gasteiger charge is 2.33. The van der Waals surface area contributed by atoms with Crippen LogP contribution < -0.4 is 16.0 Å². The van der Waals surface area contributed by atoms with Gasteiger partial charge in [0, 0.05) is 23.6 Å². The van der Waals surface area contributed by atoms with Gasteiger partial charge >= 0.3 is 12.2 Å². The molecule has 3 amide bonds. The van der Waals surface area contributed by atoms with Crippen molar-refractivity contribution in [2.45, 2.75) is 31.6 Å². The minimum absolute atomic E-state index is 0.244. The van der Waals surface area contributed by atoms with Crippen molar-refractivity contribution in [3.05, 3.63) is 42.2 Å². The minimum Gasteiger partial charge on any atom is -0.335 e. The van der Waals surface area contributed by atoms with Crippen molar-refractivity contribution in [1.29, 1.82) is 0 Å². The van der Waals surface area contributed by atoms with Crippen LogP contribution in [0.1, 0.15) is 18.5 Å². The van der Waals surface area contributed by atoms with Crippen LogP contribution in [0, 0.1) is 0 Å². The van der Waals surface area contributed by atoms with Gasteiger partial charge in [0.2, 0.25) is 5.91 Å². The van der Waals surface area contributed by atoms with Crippen LogP contribution in [0.3, 0.4) is 0 Å². The summed E-state index contributed by atoms with van der Waals surface area (Å²) in [5, 5.41) is 11.3. The number of carbonyl (C=O) groups excluding carboxylic acids is 2. The Bertz CT molecular complexity index is 797. The van der Waals surface area contributed by atoms with E-state index >= 15 is 0 Å². The molecule has 0 bridgehead atoms. The summed E-state index contributed by atoms with van der Waals surface area (Å²) in [6.07, 6.45) is -1.48. The lowest BCUT2D eigenvalue weighted by atomic mass is 10.3. The number of urea groups is 1. The van der Waals surface area contributed by atoms with E-state index in [1.807, 2.05) is 0 Å². The van der Waals surface area contributed by atoms with Crippen molar-refractivity contribution in [1.82, 2.24) is 15.1 Å². The van der Waals surface area contributed by atoms with Crippen LogP contribution in [0.15, 0.2) is 36.5 Å². The number of nitrogens with zero attached hydrogens (tertiary/aromatic N) is 2. The molecule has 0 saturated heterocycles. The second-order valence-corrected chi connectivity index (χ2v) is 5.89. The van der Waals surface area contributed by atoms with Gasteiger partial charge in [-0.2, -0.15) is 18.3 Å². The third kappa shape index (κ3) is 4.98. The van der Waals surface area contributed by atoms with E-state index in [2.05, 4.69) is 21.0 Å². The second-order valence-electron chi connectivity index (χ2n) is 5.89. The van der Waals surface area contributed by atoms with Gasteiger partial charge in [0.25, 0.3) is 0 Å². The summed E-state index contributed by atoms with van der Waals surface area (Å²) in [4.78, 5) is 23.5. The van der Waals surface area contributed by atoms with Crippen molar-refractivity contribution >= 4 is 23.3 Å². The Hall–Kier alpha value is -3.04. The summed E-state index contributed by atoms with van der Waals surface area (Å²) in [6, 6.07) is 7.14. The van der Waals surface area contributed by atoms with E-state index in [-0.39, 0.29) is 18.6 Å². The average Bonchev–Trinajstić information content (AvgIpc) is 3.22. The number of aromatic nitrogens is 2. The molecule has 0 atom stereocenters. The fourth-order valence-corrected chi connectivity index (χ4v) is 2.17. The molecule has 0 radical (unpaired) electrons. The number of rotatable bonds is 5. The quantitative estimate of drug-likeness (QED) is 0.759. The maximum absolute atomic E-state index is 12.5. The summed E-state index contributed by atoms with van der Waals surface area (Å²) in [6.45, 7) is -0.347. The van der Waals surface area contributed by atoms with Crippen molar-refractivity contribution in [2.75, 3.05) is 10.6 Å². The fraction of sp³-hybridized carbons (Fsp3) is 0.312. The molecule has 7 nitrogen and oxygen atoms in total.